The Labute approximate surface area is 86.9 Å². The number of aryl methyl sites for hydroxylation is 1. The molecular weight excluding hydrogens is 204 g/mol. The van der Waals surface area contributed by atoms with Crippen LogP contribution < -0.4 is 4.74 Å². The van der Waals surface area contributed by atoms with Gasteiger partial charge in [0.1, 0.15) is 5.75 Å². The van der Waals surface area contributed by atoms with Crippen molar-refractivity contribution in [2.24, 2.45) is 0 Å². The van der Waals surface area contributed by atoms with Crippen LogP contribution in [0.3, 0.4) is 0 Å². The van der Waals surface area contributed by atoms with Crippen molar-refractivity contribution in [2.75, 3.05) is 0 Å². The molecule has 14 heavy (non-hydrogen) atoms. The van der Waals surface area contributed by atoms with Gasteiger partial charge in [0, 0.05) is 5.02 Å². The van der Waals surface area contributed by atoms with Crippen molar-refractivity contribution in [2.45, 2.75) is 6.92 Å². The largest absolute Gasteiger partial charge is 0.518 e. The van der Waals surface area contributed by atoms with E-state index in [1.165, 1.54) is 0 Å². The molecule has 0 saturated heterocycles. The summed E-state index contributed by atoms with van der Waals surface area (Å²) in [5.41, 5.74) is 0.829. The molecule has 0 spiro atoms. The first-order chi connectivity index (χ1) is 6.63. The fourth-order valence-electron chi connectivity index (χ4n) is 0.869. The van der Waals surface area contributed by atoms with Gasteiger partial charge in [-0.15, -0.1) is 0 Å². The van der Waals surface area contributed by atoms with E-state index < -0.39 is 6.16 Å². The highest BCUT2D eigenvalue weighted by Gasteiger charge is 2.05. The maximum absolute atomic E-state index is 10.9. The maximum Gasteiger partial charge on any atom is 0.518 e. The number of benzene rings is 1. The molecule has 4 heteroatoms. The second-order valence-corrected chi connectivity index (χ2v) is 2.95. The molecule has 0 fully saturated rings. The number of hydrogen-bond donors (Lipinski definition) is 0. The molecule has 0 N–H and O–H groups in total. The number of hydrogen-bond acceptors (Lipinski definition) is 3. The van der Waals surface area contributed by atoms with Gasteiger partial charge >= 0.3 is 6.16 Å². The lowest BCUT2D eigenvalue weighted by molar-refractivity contribution is 0.136. The Kier molecular flexibility index (Phi) is 3.54. The number of carbonyl (C=O) groups is 1. The van der Waals surface area contributed by atoms with Crippen molar-refractivity contribution >= 4 is 17.8 Å². The summed E-state index contributed by atoms with van der Waals surface area (Å²) in [5.74, 6) is 0.388. The second kappa shape index (κ2) is 4.67. The smallest absolute Gasteiger partial charge is 0.403 e. The van der Waals surface area contributed by atoms with Gasteiger partial charge in [0.05, 0.1) is 6.26 Å². The molecule has 0 bridgehead atoms. The van der Waals surface area contributed by atoms with Crippen LogP contribution in [-0.2, 0) is 4.74 Å². The Morgan fingerprint density at radius 3 is 2.86 bits per heavy atom. The summed E-state index contributed by atoms with van der Waals surface area (Å²) < 4.78 is 9.19. The lowest BCUT2D eigenvalue weighted by Gasteiger charge is -2.03. The average molecular weight is 213 g/mol. The van der Waals surface area contributed by atoms with Gasteiger partial charge in [-0.1, -0.05) is 18.2 Å². The predicted molar refractivity (Wildman–Crippen MR) is 53.5 cm³/mol. The fourth-order valence-corrected chi connectivity index (χ4v) is 0.987. The first-order valence-electron chi connectivity index (χ1n) is 3.89. The summed E-state index contributed by atoms with van der Waals surface area (Å²) in [5, 5.41) is 0.620. The molecule has 0 saturated carbocycles. The summed E-state index contributed by atoms with van der Waals surface area (Å²) in [6.45, 7) is 5.04. The maximum atomic E-state index is 10.9. The van der Waals surface area contributed by atoms with Crippen LogP contribution in [0.2, 0.25) is 5.02 Å². The molecule has 0 heterocycles. The van der Waals surface area contributed by atoms with E-state index in [-0.39, 0.29) is 0 Å². The summed E-state index contributed by atoms with van der Waals surface area (Å²) >= 11 is 5.79. The number of ether oxygens (including phenoxy) is 2. The molecular formula is C10H9ClO3. The van der Waals surface area contributed by atoms with Crippen LogP contribution in [0.25, 0.3) is 0 Å². The number of carbonyl (C=O) groups excluding carboxylic acids is 1. The van der Waals surface area contributed by atoms with Crippen molar-refractivity contribution in [1.82, 2.24) is 0 Å². The van der Waals surface area contributed by atoms with Gasteiger partial charge in [-0.3, -0.25) is 0 Å². The monoisotopic (exact) mass is 212 g/mol. The third kappa shape index (κ3) is 2.78. The number of halogens is 1. The van der Waals surface area contributed by atoms with Crippen LogP contribution in [0.1, 0.15) is 5.56 Å². The first kappa shape index (κ1) is 10.6. The summed E-state index contributed by atoms with van der Waals surface area (Å²) in [4.78, 5) is 10.9. The van der Waals surface area contributed by atoms with Crippen molar-refractivity contribution < 1.29 is 14.3 Å². The highest BCUT2D eigenvalue weighted by atomic mass is 35.5. The summed E-state index contributed by atoms with van der Waals surface area (Å²) in [7, 11) is 0. The molecule has 0 aliphatic heterocycles. The van der Waals surface area contributed by atoms with Gasteiger partial charge in [-0.25, -0.2) is 4.79 Å². The van der Waals surface area contributed by atoms with Crippen LogP contribution in [0.4, 0.5) is 4.79 Å². The zero-order valence-corrected chi connectivity index (χ0v) is 8.38. The SMILES string of the molecule is C=COC(=O)Oc1ccc(Cl)c(C)c1. The molecule has 1 rings (SSSR count). The molecule has 0 aromatic heterocycles. The Hall–Kier alpha value is -1.48. The van der Waals surface area contributed by atoms with Gasteiger partial charge in [0.25, 0.3) is 0 Å². The highest BCUT2D eigenvalue weighted by molar-refractivity contribution is 6.31. The van der Waals surface area contributed by atoms with E-state index in [1.807, 2.05) is 6.92 Å². The predicted octanol–water partition coefficient (Wildman–Crippen LogP) is 3.31. The molecule has 0 amide bonds. The first-order valence-corrected chi connectivity index (χ1v) is 4.27. The lowest BCUT2D eigenvalue weighted by atomic mass is 10.2. The molecule has 1 aromatic rings. The third-order valence-electron chi connectivity index (χ3n) is 1.51. The minimum absolute atomic E-state index is 0.388. The van der Waals surface area contributed by atoms with E-state index in [1.54, 1.807) is 18.2 Å². The summed E-state index contributed by atoms with van der Waals surface area (Å²) in [6.07, 6.45) is 0.187. The van der Waals surface area contributed by atoms with E-state index in [0.717, 1.165) is 11.8 Å². The van der Waals surface area contributed by atoms with E-state index in [9.17, 15) is 4.79 Å². The van der Waals surface area contributed by atoms with Crippen molar-refractivity contribution in [3.63, 3.8) is 0 Å². The van der Waals surface area contributed by atoms with E-state index in [2.05, 4.69) is 11.3 Å². The molecule has 0 radical (unpaired) electrons. The van der Waals surface area contributed by atoms with Gasteiger partial charge in [0.15, 0.2) is 0 Å². The molecule has 0 unspecified atom stereocenters. The zero-order chi connectivity index (χ0) is 10.6. The van der Waals surface area contributed by atoms with Crippen molar-refractivity contribution in [3.05, 3.63) is 41.6 Å². The summed E-state index contributed by atoms with van der Waals surface area (Å²) in [6, 6.07) is 4.87. The normalized spacial score (nSPS) is 9.29. The van der Waals surface area contributed by atoms with Crippen LogP contribution in [-0.4, -0.2) is 6.16 Å². The minimum Gasteiger partial charge on any atom is -0.403 e. The van der Waals surface area contributed by atoms with E-state index >= 15 is 0 Å². The zero-order valence-electron chi connectivity index (χ0n) is 7.62. The van der Waals surface area contributed by atoms with E-state index in [4.69, 9.17) is 16.3 Å². The Morgan fingerprint density at radius 2 is 2.29 bits per heavy atom. The van der Waals surface area contributed by atoms with Gasteiger partial charge in [-0.2, -0.15) is 0 Å². The average Bonchev–Trinajstić information content (AvgIpc) is 2.12. The highest BCUT2D eigenvalue weighted by Crippen LogP contribution is 2.21. The molecule has 0 atom stereocenters. The Bertz CT molecular complexity index is 360. The fraction of sp³-hybridized carbons (Fsp3) is 0.100. The van der Waals surface area contributed by atoms with Crippen LogP contribution in [0, 0.1) is 6.92 Å². The molecule has 0 aliphatic carbocycles. The molecule has 0 aliphatic rings. The van der Waals surface area contributed by atoms with Crippen molar-refractivity contribution in [3.8, 4) is 5.75 Å². The Balaban J connectivity index is 2.72. The van der Waals surface area contributed by atoms with Gasteiger partial charge in [0.2, 0.25) is 0 Å². The lowest BCUT2D eigenvalue weighted by Crippen LogP contribution is -2.06. The van der Waals surface area contributed by atoms with Crippen molar-refractivity contribution in [1.29, 1.82) is 0 Å². The standard InChI is InChI=1S/C10H9ClO3/c1-3-13-10(12)14-8-4-5-9(11)7(2)6-8/h3-6H,1H2,2H3. The quantitative estimate of drug-likeness (QED) is 0.429. The minimum atomic E-state index is -0.818. The topological polar surface area (TPSA) is 35.5 Å². The third-order valence-corrected chi connectivity index (χ3v) is 1.93. The van der Waals surface area contributed by atoms with Gasteiger partial charge < -0.3 is 9.47 Å². The Morgan fingerprint density at radius 1 is 1.57 bits per heavy atom. The van der Waals surface area contributed by atoms with Gasteiger partial charge in [-0.05, 0) is 30.7 Å². The van der Waals surface area contributed by atoms with E-state index in [0.29, 0.717) is 10.8 Å². The molecule has 74 valence electrons. The number of rotatable bonds is 2. The van der Waals surface area contributed by atoms with Crippen LogP contribution in [0.15, 0.2) is 31.0 Å². The second-order valence-electron chi connectivity index (χ2n) is 2.55. The van der Waals surface area contributed by atoms with Crippen LogP contribution in [0.5, 0.6) is 5.75 Å². The molecule has 3 nitrogen and oxygen atoms in total. The molecule has 1 aromatic carbocycles. The van der Waals surface area contributed by atoms with Crippen LogP contribution >= 0.6 is 11.6 Å².